The zero-order chi connectivity index (χ0) is 13.0. The van der Waals surface area contributed by atoms with Crippen LogP contribution in [0.25, 0.3) is 11.1 Å². The van der Waals surface area contributed by atoms with E-state index in [0.29, 0.717) is 5.92 Å². The first-order valence-electron chi connectivity index (χ1n) is 6.44. The molecule has 18 heavy (non-hydrogen) atoms. The van der Waals surface area contributed by atoms with Crippen LogP contribution in [0.1, 0.15) is 25.0 Å². The summed E-state index contributed by atoms with van der Waals surface area (Å²) >= 11 is 3.55. The molecule has 2 aromatic carbocycles. The number of rotatable bonds is 4. The second-order valence-corrected chi connectivity index (χ2v) is 5.65. The number of benzene rings is 2. The lowest BCUT2D eigenvalue weighted by Gasteiger charge is -2.09. The quantitative estimate of drug-likeness (QED) is 0.659. The molecule has 2 rings (SSSR count). The molecule has 0 amide bonds. The molecule has 0 unspecified atom stereocenters. The van der Waals surface area contributed by atoms with Crippen LogP contribution in [0, 0.1) is 5.92 Å². The smallest absolute Gasteiger partial charge is 0.0289 e. The lowest BCUT2D eigenvalue weighted by atomic mass is 9.97. The molecule has 0 aliphatic heterocycles. The van der Waals surface area contributed by atoms with Crippen LogP contribution < -0.4 is 0 Å². The SMILES string of the molecule is CC(C)Cc1ccc(-c2ccccc2CBr)cc1. The lowest BCUT2D eigenvalue weighted by molar-refractivity contribution is 0.647. The van der Waals surface area contributed by atoms with Crippen molar-refractivity contribution in [3.8, 4) is 11.1 Å². The first-order valence-corrected chi connectivity index (χ1v) is 7.56. The maximum atomic E-state index is 3.55. The van der Waals surface area contributed by atoms with Gasteiger partial charge in [0.2, 0.25) is 0 Å². The third kappa shape index (κ3) is 3.23. The molecule has 0 aliphatic rings. The van der Waals surface area contributed by atoms with Crippen molar-refractivity contribution >= 4 is 15.9 Å². The van der Waals surface area contributed by atoms with Gasteiger partial charge in [0.1, 0.15) is 0 Å². The van der Waals surface area contributed by atoms with Crippen LogP contribution in [-0.4, -0.2) is 0 Å². The summed E-state index contributed by atoms with van der Waals surface area (Å²) in [5, 5.41) is 0.900. The number of hydrogen-bond donors (Lipinski definition) is 0. The van der Waals surface area contributed by atoms with Gasteiger partial charge in [0, 0.05) is 5.33 Å². The van der Waals surface area contributed by atoms with Gasteiger partial charge in [-0.3, -0.25) is 0 Å². The van der Waals surface area contributed by atoms with Gasteiger partial charge in [0.25, 0.3) is 0 Å². The second-order valence-electron chi connectivity index (χ2n) is 5.09. The average Bonchev–Trinajstić information content (AvgIpc) is 2.39. The number of alkyl halides is 1. The van der Waals surface area contributed by atoms with Gasteiger partial charge in [0.15, 0.2) is 0 Å². The van der Waals surface area contributed by atoms with Crippen LogP contribution in [-0.2, 0) is 11.8 Å². The van der Waals surface area contributed by atoms with Gasteiger partial charge in [-0.1, -0.05) is 78.3 Å². The molecule has 0 atom stereocenters. The second kappa shape index (κ2) is 6.19. The molecule has 2 aromatic rings. The normalized spacial score (nSPS) is 10.9. The van der Waals surface area contributed by atoms with E-state index in [4.69, 9.17) is 0 Å². The molecule has 0 heterocycles. The Morgan fingerprint density at radius 1 is 0.944 bits per heavy atom. The fourth-order valence-corrected chi connectivity index (χ4v) is 2.70. The molecule has 0 aromatic heterocycles. The molecule has 0 fully saturated rings. The lowest BCUT2D eigenvalue weighted by Crippen LogP contribution is -1.93. The predicted molar refractivity (Wildman–Crippen MR) is 83.1 cm³/mol. The summed E-state index contributed by atoms with van der Waals surface area (Å²) < 4.78 is 0. The highest BCUT2D eigenvalue weighted by molar-refractivity contribution is 9.08. The zero-order valence-corrected chi connectivity index (χ0v) is 12.6. The Kier molecular flexibility index (Phi) is 4.60. The maximum absolute atomic E-state index is 3.55. The first kappa shape index (κ1) is 13.4. The van der Waals surface area contributed by atoms with Crippen molar-refractivity contribution in [1.29, 1.82) is 0 Å². The minimum Gasteiger partial charge on any atom is -0.0876 e. The molecule has 0 saturated carbocycles. The Hall–Kier alpha value is -1.08. The van der Waals surface area contributed by atoms with Gasteiger partial charge in [-0.15, -0.1) is 0 Å². The van der Waals surface area contributed by atoms with E-state index in [1.165, 1.54) is 22.3 Å². The van der Waals surface area contributed by atoms with Crippen molar-refractivity contribution in [1.82, 2.24) is 0 Å². The van der Waals surface area contributed by atoms with Crippen molar-refractivity contribution in [3.05, 3.63) is 59.7 Å². The third-order valence-corrected chi connectivity index (χ3v) is 3.67. The summed E-state index contributed by atoms with van der Waals surface area (Å²) in [5.74, 6) is 0.714. The Bertz CT molecular complexity index is 497. The van der Waals surface area contributed by atoms with Crippen molar-refractivity contribution < 1.29 is 0 Å². The molecular weight excluding hydrogens is 284 g/mol. The third-order valence-electron chi connectivity index (χ3n) is 3.07. The van der Waals surface area contributed by atoms with Crippen LogP contribution in [0.2, 0.25) is 0 Å². The van der Waals surface area contributed by atoms with Gasteiger partial charge >= 0.3 is 0 Å². The van der Waals surface area contributed by atoms with Crippen LogP contribution in [0.15, 0.2) is 48.5 Å². The van der Waals surface area contributed by atoms with Crippen molar-refractivity contribution in [3.63, 3.8) is 0 Å². The largest absolute Gasteiger partial charge is 0.0876 e. The Morgan fingerprint density at radius 2 is 1.61 bits per heavy atom. The van der Waals surface area contributed by atoms with Crippen molar-refractivity contribution in [2.24, 2.45) is 5.92 Å². The summed E-state index contributed by atoms with van der Waals surface area (Å²) in [6.07, 6.45) is 1.15. The molecule has 1 heteroatoms. The van der Waals surface area contributed by atoms with Crippen LogP contribution in [0.4, 0.5) is 0 Å². The molecule has 0 aliphatic carbocycles. The van der Waals surface area contributed by atoms with Crippen LogP contribution >= 0.6 is 15.9 Å². The Balaban J connectivity index is 2.28. The van der Waals surface area contributed by atoms with Crippen LogP contribution in [0.3, 0.4) is 0 Å². The molecule has 0 N–H and O–H groups in total. The highest BCUT2D eigenvalue weighted by Gasteiger charge is 2.04. The van der Waals surface area contributed by atoms with E-state index in [-0.39, 0.29) is 0 Å². The maximum Gasteiger partial charge on any atom is 0.0289 e. The Morgan fingerprint density at radius 3 is 2.22 bits per heavy atom. The molecule has 0 bridgehead atoms. The monoisotopic (exact) mass is 302 g/mol. The van der Waals surface area contributed by atoms with E-state index in [1.807, 2.05) is 0 Å². The number of hydrogen-bond acceptors (Lipinski definition) is 0. The summed E-state index contributed by atoms with van der Waals surface area (Å²) in [7, 11) is 0. The minimum absolute atomic E-state index is 0.714. The molecule has 0 radical (unpaired) electrons. The molecule has 0 saturated heterocycles. The van der Waals surface area contributed by atoms with Gasteiger partial charge in [-0.25, -0.2) is 0 Å². The standard InChI is InChI=1S/C17H19Br/c1-13(2)11-14-7-9-15(10-8-14)17-6-4-3-5-16(17)12-18/h3-10,13H,11-12H2,1-2H3. The van der Waals surface area contributed by atoms with Crippen molar-refractivity contribution in [2.75, 3.05) is 0 Å². The van der Waals surface area contributed by atoms with E-state index >= 15 is 0 Å². The van der Waals surface area contributed by atoms with Gasteiger partial charge in [0.05, 0.1) is 0 Å². The summed E-state index contributed by atoms with van der Waals surface area (Å²) in [5.41, 5.74) is 5.39. The van der Waals surface area contributed by atoms with Gasteiger partial charge < -0.3 is 0 Å². The van der Waals surface area contributed by atoms with E-state index in [0.717, 1.165) is 11.8 Å². The van der Waals surface area contributed by atoms with Gasteiger partial charge in [-0.05, 0) is 34.6 Å². The fourth-order valence-electron chi connectivity index (χ4n) is 2.21. The fraction of sp³-hybridized carbons (Fsp3) is 0.294. The molecular formula is C17H19Br. The van der Waals surface area contributed by atoms with Gasteiger partial charge in [-0.2, -0.15) is 0 Å². The Labute approximate surface area is 118 Å². The summed E-state index contributed by atoms with van der Waals surface area (Å²) in [4.78, 5) is 0. The summed E-state index contributed by atoms with van der Waals surface area (Å²) in [6, 6.07) is 17.5. The zero-order valence-electron chi connectivity index (χ0n) is 11.0. The highest BCUT2D eigenvalue weighted by Crippen LogP contribution is 2.26. The first-order chi connectivity index (χ1) is 8.70. The number of halogens is 1. The van der Waals surface area contributed by atoms with E-state index in [9.17, 15) is 0 Å². The van der Waals surface area contributed by atoms with E-state index in [2.05, 4.69) is 78.3 Å². The van der Waals surface area contributed by atoms with E-state index < -0.39 is 0 Å². The predicted octanol–water partition coefficient (Wildman–Crippen LogP) is 5.45. The van der Waals surface area contributed by atoms with E-state index in [1.54, 1.807) is 0 Å². The molecule has 0 spiro atoms. The molecule has 0 nitrogen and oxygen atoms in total. The highest BCUT2D eigenvalue weighted by atomic mass is 79.9. The minimum atomic E-state index is 0.714. The molecule has 94 valence electrons. The summed E-state index contributed by atoms with van der Waals surface area (Å²) in [6.45, 7) is 4.52. The topological polar surface area (TPSA) is 0 Å². The van der Waals surface area contributed by atoms with Crippen molar-refractivity contribution in [2.45, 2.75) is 25.6 Å². The average molecular weight is 303 g/mol. The van der Waals surface area contributed by atoms with Crippen LogP contribution in [0.5, 0.6) is 0 Å².